The van der Waals surface area contributed by atoms with Crippen LogP contribution in [0.5, 0.6) is 0 Å². The summed E-state index contributed by atoms with van der Waals surface area (Å²) >= 11 is 0. The number of hydrogen-bond acceptors (Lipinski definition) is 2. The van der Waals surface area contributed by atoms with Crippen LogP contribution in [0.3, 0.4) is 0 Å². The molecule has 17 heavy (non-hydrogen) atoms. The largest absolute Gasteiger partial charge is 0.395 e. The van der Waals surface area contributed by atoms with E-state index in [-0.39, 0.29) is 19.2 Å². The van der Waals surface area contributed by atoms with Gasteiger partial charge in [0.05, 0.1) is 12.3 Å². The molecule has 0 unspecified atom stereocenters. The summed E-state index contributed by atoms with van der Waals surface area (Å²) in [5.41, 5.74) is 0.763. The van der Waals surface area contributed by atoms with Crippen LogP contribution in [-0.2, 0) is 0 Å². The summed E-state index contributed by atoms with van der Waals surface area (Å²) < 4.78 is 0. The fourth-order valence-electron chi connectivity index (χ4n) is 1.67. The van der Waals surface area contributed by atoms with Crippen molar-refractivity contribution in [1.82, 2.24) is 5.32 Å². The van der Waals surface area contributed by atoms with E-state index in [1.165, 1.54) is 0 Å². The number of carbonyl (C=O) groups is 1. The van der Waals surface area contributed by atoms with E-state index in [9.17, 15) is 4.79 Å². The Morgan fingerprint density at radius 3 is 2.71 bits per heavy atom. The molecule has 0 aliphatic heterocycles. The highest BCUT2D eigenvalue weighted by atomic mass is 16.3. The number of benzene rings is 2. The Balaban J connectivity index is 2.21. The highest BCUT2D eigenvalue weighted by Crippen LogP contribution is 2.22. The van der Waals surface area contributed by atoms with Crippen molar-refractivity contribution < 1.29 is 9.90 Å². The number of nitrogens with one attached hydrogen (secondary N) is 2. The van der Waals surface area contributed by atoms with Gasteiger partial charge in [-0.3, -0.25) is 0 Å². The van der Waals surface area contributed by atoms with Gasteiger partial charge in [0.25, 0.3) is 0 Å². The topological polar surface area (TPSA) is 61.4 Å². The zero-order valence-corrected chi connectivity index (χ0v) is 9.31. The Bertz CT molecular complexity index is 520. The minimum Gasteiger partial charge on any atom is -0.395 e. The lowest BCUT2D eigenvalue weighted by atomic mass is 10.1. The van der Waals surface area contributed by atoms with Crippen molar-refractivity contribution in [1.29, 1.82) is 0 Å². The quantitative estimate of drug-likeness (QED) is 0.754. The Hall–Kier alpha value is -2.07. The van der Waals surface area contributed by atoms with Crippen molar-refractivity contribution in [2.24, 2.45) is 0 Å². The van der Waals surface area contributed by atoms with E-state index in [4.69, 9.17) is 5.11 Å². The number of carbonyl (C=O) groups excluding carboxylic acids is 1. The zero-order valence-electron chi connectivity index (χ0n) is 9.31. The van der Waals surface area contributed by atoms with E-state index in [1.807, 2.05) is 42.5 Å². The third kappa shape index (κ3) is 2.73. The number of aliphatic hydroxyl groups excluding tert-OH is 1. The van der Waals surface area contributed by atoms with Crippen molar-refractivity contribution in [2.45, 2.75) is 0 Å². The van der Waals surface area contributed by atoms with Gasteiger partial charge in [0.15, 0.2) is 0 Å². The van der Waals surface area contributed by atoms with Crippen molar-refractivity contribution >= 4 is 22.5 Å². The average Bonchev–Trinajstić information content (AvgIpc) is 2.37. The van der Waals surface area contributed by atoms with Crippen molar-refractivity contribution in [2.75, 3.05) is 18.5 Å². The van der Waals surface area contributed by atoms with Crippen LogP contribution in [0.1, 0.15) is 0 Å². The molecule has 2 amide bonds. The molecule has 0 heterocycles. The van der Waals surface area contributed by atoms with Crippen molar-refractivity contribution in [3.05, 3.63) is 42.5 Å². The van der Waals surface area contributed by atoms with Crippen LogP contribution >= 0.6 is 0 Å². The molecule has 0 fully saturated rings. The summed E-state index contributed by atoms with van der Waals surface area (Å²) in [6.45, 7) is 0.180. The molecule has 88 valence electrons. The molecule has 0 bridgehead atoms. The van der Waals surface area contributed by atoms with E-state index in [0.717, 1.165) is 16.5 Å². The summed E-state index contributed by atoms with van der Waals surface area (Å²) in [5.74, 6) is 0. The fraction of sp³-hybridized carbons (Fsp3) is 0.154. The van der Waals surface area contributed by atoms with Gasteiger partial charge in [-0.2, -0.15) is 0 Å². The normalized spacial score (nSPS) is 10.2. The first-order valence-corrected chi connectivity index (χ1v) is 5.45. The van der Waals surface area contributed by atoms with Crippen LogP contribution in [0, 0.1) is 0 Å². The summed E-state index contributed by atoms with van der Waals surface area (Å²) in [4.78, 5) is 11.5. The molecule has 2 aromatic carbocycles. The average molecular weight is 230 g/mol. The summed E-state index contributed by atoms with van der Waals surface area (Å²) in [6, 6.07) is 13.3. The van der Waals surface area contributed by atoms with Gasteiger partial charge in [-0.1, -0.05) is 36.4 Å². The third-order valence-corrected chi connectivity index (χ3v) is 2.44. The van der Waals surface area contributed by atoms with Gasteiger partial charge >= 0.3 is 6.03 Å². The minimum atomic E-state index is -0.310. The number of aliphatic hydroxyl groups is 1. The SMILES string of the molecule is O=C(NCCO)Nc1cccc2ccccc12. The van der Waals surface area contributed by atoms with Crippen LogP contribution in [-0.4, -0.2) is 24.3 Å². The van der Waals surface area contributed by atoms with Crippen LogP contribution in [0.4, 0.5) is 10.5 Å². The Morgan fingerprint density at radius 2 is 1.88 bits per heavy atom. The second kappa shape index (κ2) is 5.32. The third-order valence-electron chi connectivity index (χ3n) is 2.44. The van der Waals surface area contributed by atoms with E-state index in [0.29, 0.717) is 0 Å². The first-order chi connectivity index (χ1) is 8.31. The van der Waals surface area contributed by atoms with Crippen molar-refractivity contribution in [3.8, 4) is 0 Å². The Labute approximate surface area is 99.3 Å². The second-order valence-electron chi connectivity index (χ2n) is 3.63. The molecule has 0 saturated heterocycles. The smallest absolute Gasteiger partial charge is 0.319 e. The summed E-state index contributed by atoms with van der Waals surface area (Å²) in [7, 11) is 0. The predicted octanol–water partition coefficient (Wildman–Crippen LogP) is 1.95. The van der Waals surface area contributed by atoms with Gasteiger partial charge < -0.3 is 15.7 Å². The Morgan fingerprint density at radius 1 is 1.12 bits per heavy atom. The number of anilines is 1. The van der Waals surface area contributed by atoms with E-state index >= 15 is 0 Å². The highest BCUT2D eigenvalue weighted by Gasteiger charge is 2.03. The highest BCUT2D eigenvalue weighted by molar-refractivity contribution is 6.01. The first kappa shape index (κ1) is 11.4. The molecular weight excluding hydrogens is 216 g/mol. The molecule has 2 aromatic rings. The lowest BCUT2D eigenvalue weighted by Gasteiger charge is -2.09. The number of hydrogen-bond donors (Lipinski definition) is 3. The maximum Gasteiger partial charge on any atom is 0.319 e. The van der Waals surface area contributed by atoms with Crippen molar-refractivity contribution in [3.63, 3.8) is 0 Å². The van der Waals surface area contributed by atoms with E-state index in [1.54, 1.807) is 0 Å². The van der Waals surface area contributed by atoms with E-state index in [2.05, 4.69) is 10.6 Å². The number of rotatable bonds is 3. The van der Waals surface area contributed by atoms with Gasteiger partial charge in [-0.25, -0.2) is 4.79 Å². The van der Waals surface area contributed by atoms with Gasteiger partial charge in [-0.05, 0) is 11.5 Å². The van der Waals surface area contributed by atoms with Gasteiger partial charge in [-0.15, -0.1) is 0 Å². The molecule has 2 rings (SSSR count). The van der Waals surface area contributed by atoms with Gasteiger partial charge in [0.1, 0.15) is 0 Å². The second-order valence-corrected chi connectivity index (χ2v) is 3.63. The number of fused-ring (bicyclic) bond motifs is 1. The molecule has 0 aromatic heterocycles. The summed E-state index contributed by atoms with van der Waals surface area (Å²) in [5, 5.41) is 16.0. The Kier molecular flexibility index (Phi) is 3.57. The maximum atomic E-state index is 11.5. The predicted molar refractivity (Wildman–Crippen MR) is 68.1 cm³/mol. The molecule has 4 heteroatoms. The molecule has 0 spiro atoms. The standard InChI is InChI=1S/C13H14N2O2/c16-9-8-14-13(17)15-12-7-3-5-10-4-1-2-6-11(10)12/h1-7,16H,8-9H2,(H2,14,15,17). The summed E-state index contributed by atoms with van der Waals surface area (Å²) in [6.07, 6.45) is 0. The molecule has 0 aliphatic rings. The zero-order chi connectivity index (χ0) is 12.1. The monoisotopic (exact) mass is 230 g/mol. The van der Waals surface area contributed by atoms with E-state index < -0.39 is 0 Å². The lowest BCUT2D eigenvalue weighted by Crippen LogP contribution is -2.31. The molecular formula is C13H14N2O2. The molecule has 0 saturated carbocycles. The van der Waals surface area contributed by atoms with Crippen LogP contribution < -0.4 is 10.6 Å². The van der Waals surface area contributed by atoms with Crippen LogP contribution in [0.25, 0.3) is 10.8 Å². The van der Waals surface area contributed by atoms with Gasteiger partial charge in [0, 0.05) is 11.9 Å². The molecule has 3 N–H and O–H groups in total. The van der Waals surface area contributed by atoms with Crippen LogP contribution in [0.2, 0.25) is 0 Å². The van der Waals surface area contributed by atoms with Crippen LogP contribution in [0.15, 0.2) is 42.5 Å². The lowest BCUT2D eigenvalue weighted by molar-refractivity contribution is 0.245. The molecule has 4 nitrogen and oxygen atoms in total. The van der Waals surface area contributed by atoms with Gasteiger partial charge in [0.2, 0.25) is 0 Å². The molecule has 0 aliphatic carbocycles. The number of urea groups is 1. The fourth-order valence-corrected chi connectivity index (χ4v) is 1.67. The molecule has 0 radical (unpaired) electrons. The first-order valence-electron chi connectivity index (χ1n) is 5.45. The molecule has 0 atom stereocenters. The minimum absolute atomic E-state index is 0.0665. The maximum absolute atomic E-state index is 11.5. The number of amides is 2.